The first-order valence-electron chi connectivity index (χ1n) is 16.4. The number of nitrogen functional groups attached to an aromatic ring is 1. The molecule has 1 aromatic heterocycles. The van der Waals surface area contributed by atoms with Crippen molar-refractivity contribution in [3.63, 3.8) is 0 Å². The normalized spacial score (nSPS) is 17.7. The van der Waals surface area contributed by atoms with Gasteiger partial charge in [0.1, 0.15) is 27.1 Å². The number of carbonyl (C=O) groups is 5. The van der Waals surface area contributed by atoms with E-state index in [0.29, 0.717) is 31.6 Å². The number of phenolic OH excluding ortho intramolecular Hbond substituents is 2. The van der Waals surface area contributed by atoms with Gasteiger partial charge in [0.25, 0.3) is 17.7 Å². The third kappa shape index (κ3) is 9.84. The lowest BCUT2D eigenvalue weighted by molar-refractivity contribution is -0.150. The highest BCUT2D eigenvalue weighted by atomic mass is 35.5. The SMILES string of the molecule is CCCCCCN(CCCNC(=O)c1ccc(O)c(O)c1)CC1=C(C(=O)O)N2C(=O)C(NC(=O)/C(=N\O[C@@H](C)C(=O)O)c3nc(N)sc3Cl)C2SC1. The largest absolute Gasteiger partial charge is 0.504 e. The number of halogens is 1. The highest BCUT2D eigenvalue weighted by Crippen LogP contribution is 2.41. The standard InChI is InChI=1S/C32H40ClN7O10S2/c1-3-4-5-6-11-39(12-7-10-35-26(43)17-8-9-19(41)20(42)13-17)14-18-15-51-29-23(28(45)40(29)24(18)31(48)49)36-27(44)22(38-50-16(2)30(46)47)21-25(33)52-32(34)37-21/h8-9,13,16,23,29,41-42H,3-7,10-12,14-15H2,1-2H3,(H2,34,37)(H,35,43)(H,36,44)(H,46,47)(H,48,49)/b38-22-/t16-,23?,29?/m0/s1. The summed E-state index contributed by atoms with van der Waals surface area (Å²) in [6.45, 7) is 5.01. The van der Waals surface area contributed by atoms with Gasteiger partial charge in [-0.25, -0.2) is 14.6 Å². The molecule has 1 saturated heterocycles. The number of thiazole rings is 1. The van der Waals surface area contributed by atoms with Gasteiger partial charge in [-0.15, -0.1) is 11.8 Å². The maximum atomic E-state index is 13.4. The number of nitrogens with one attached hydrogen (secondary N) is 2. The number of benzene rings is 1. The zero-order valence-electron chi connectivity index (χ0n) is 28.3. The summed E-state index contributed by atoms with van der Waals surface area (Å²) in [6.07, 6.45) is 3.01. The van der Waals surface area contributed by atoms with Crippen LogP contribution in [-0.2, 0) is 24.0 Å². The Hall–Kier alpha value is -4.59. The number of unbranched alkanes of at least 4 members (excludes halogenated alkanes) is 3. The van der Waals surface area contributed by atoms with E-state index in [4.69, 9.17) is 27.3 Å². The summed E-state index contributed by atoms with van der Waals surface area (Å²) in [5.41, 5.74) is 5.58. The molecule has 8 N–H and O–H groups in total. The van der Waals surface area contributed by atoms with E-state index in [1.807, 2.05) is 0 Å². The second-order valence-electron chi connectivity index (χ2n) is 12.0. The number of fused-ring (bicyclic) bond motifs is 1. The number of carbonyl (C=O) groups excluding carboxylic acids is 3. The quantitative estimate of drug-likeness (QED) is 0.0355. The third-order valence-corrected chi connectivity index (χ3v) is 10.6. The number of rotatable bonds is 19. The monoisotopic (exact) mass is 781 g/mol. The van der Waals surface area contributed by atoms with E-state index in [9.17, 15) is 39.3 Å². The number of nitrogens with zero attached hydrogens (tertiary/aromatic N) is 4. The van der Waals surface area contributed by atoms with Crippen LogP contribution in [0.2, 0.25) is 4.34 Å². The third-order valence-electron chi connectivity index (χ3n) is 8.14. The van der Waals surface area contributed by atoms with Crippen LogP contribution in [0.5, 0.6) is 11.5 Å². The van der Waals surface area contributed by atoms with Gasteiger partial charge in [-0.1, -0.05) is 54.3 Å². The van der Waals surface area contributed by atoms with Gasteiger partial charge < -0.3 is 41.6 Å². The van der Waals surface area contributed by atoms with Crippen molar-refractivity contribution < 1.29 is 49.2 Å². The Morgan fingerprint density at radius 3 is 2.52 bits per heavy atom. The van der Waals surface area contributed by atoms with Gasteiger partial charge in [0.2, 0.25) is 6.10 Å². The van der Waals surface area contributed by atoms with Gasteiger partial charge in [0, 0.05) is 31.0 Å². The van der Waals surface area contributed by atoms with Gasteiger partial charge in [-0.2, -0.15) is 0 Å². The number of carboxylic acid groups (broad SMARTS) is 2. The van der Waals surface area contributed by atoms with Gasteiger partial charge in [-0.05, 0) is 50.1 Å². The van der Waals surface area contributed by atoms with Crippen molar-refractivity contribution >= 4 is 75.2 Å². The molecule has 52 heavy (non-hydrogen) atoms. The molecule has 2 aliphatic rings. The van der Waals surface area contributed by atoms with Crippen molar-refractivity contribution in [2.75, 3.05) is 37.7 Å². The van der Waals surface area contributed by atoms with Gasteiger partial charge in [0.05, 0.1) is 0 Å². The minimum atomic E-state index is -1.43. The Kier molecular flexibility index (Phi) is 14.1. The topological polar surface area (TPSA) is 257 Å². The highest BCUT2D eigenvalue weighted by Gasteiger charge is 2.54. The molecular formula is C32H40ClN7O10S2. The molecule has 2 unspecified atom stereocenters. The van der Waals surface area contributed by atoms with E-state index < -0.39 is 58.6 Å². The summed E-state index contributed by atoms with van der Waals surface area (Å²) in [5, 5.41) is 46.9. The zero-order valence-corrected chi connectivity index (χ0v) is 30.7. The fourth-order valence-corrected chi connectivity index (χ4v) is 7.68. The van der Waals surface area contributed by atoms with Crippen LogP contribution in [-0.4, -0.2) is 120 Å². The van der Waals surface area contributed by atoms with Crippen LogP contribution >= 0.6 is 34.7 Å². The molecule has 17 nitrogen and oxygen atoms in total. The first kappa shape index (κ1) is 40.2. The molecule has 4 rings (SSSR count). The van der Waals surface area contributed by atoms with Gasteiger partial charge >= 0.3 is 11.9 Å². The van der Waals surface area contributed by atoms with Gasteiger partial charge in [0.15, 0.2) is 22.3 Å². The Bertz CT molecular complexity index is 1750. The molecule has 20 heteroatoms. The summed E-state index contributed by atoms with van der Waals surface area (Å²) >= 11 is 8.31. The summed E-state index contributed by atoms with van der Waals surface area (Å²) in [7, 11) is 0. The van der Waals surface area contributed by atoms with E-state index in [1.54, 1.807) is 0 Å². The zero-order chi connectivity index (χ0) is 38.1. The van der Waals surface area contributed by atoms with Crippen LogP contribution in [0.15, 0.2) is 34.6 Å². The highest BCUT2D eigenvalue weighted by molar-refractivity contribution is 8.00. The summed E-state index contributed by atoms with van der Waals surface area (Å²) in [5.74, 6) is -5.17. The molecule has 3 atom stereocenters. The van der Waals surface area contributed by atoms with Crippen LogP contribution in [0.25, 0.3) is 0 Å². The number of hydrogen-bond acceptors (Lipinski definition) is 14. The summed E-state index contributed by atoms with van der Waals surface area (Å²) < 4.78 is -0.0217. The van der Waals surface area contributed by atoms with E-state index in [1.165, 1.54) is 36.9 Å². The first-order valence-corrected chi connectivity index (χ1v) is 18.6. The fourth-order valence-electron chi connectivity index (χ4n) is 5.42. The van der Waals surface area contributed by atoms with Crippen molar-refractivity contribution in [1.29, 1.82) is 0 Å². The maximum Gasteiger partial charge on any atom is 0.352 e. The van der Waals surface area contributed by atoms with Crippen molar-refractivity contribution in [1.82, 2.24) is 25.4 Å². The molecular weight excluding hydrogens is 742 g/mol. The van der Waals surface area contributed by atoms with Crippen molar-refractivity contribution in [3.05, 3.63) is 45.1 Å². The molecule has 282 valence electrons. The molecule has 3 amide bonds. The van der Waals surface area contributed by atoms with Crippen LogP contribution in [0.4, 0.5) is 5.13 Å². The Balaban J connectivity index is 1.45. The predicted octanol–water partition coefficient (Wildman–Crippen LogP) is 2.42. The second kappa shape index (κ2) is 18.3. The number of aromatic hydroxyl groups is 2. The molecule has 0 saturated carbocycles. The van der Waals surface area contributed by atoms with Crippen molar-refractivity contribution in [2.45, 2.75) is 63.5 Å². The second-order valence-corrected chi connectivity index (χ2v) is 14.7. The minimum Gasteiger partial charge on any atom is -0.504 e. The number of thioether (sulfide) groups is 1. The maximum absolute atomic E-state index is 13.4. The molecule has 0 bridgehead atoms. The first-order chi connectivity index (χ1) is 24.7. The number of carboxylic acids is 2. The lowest BCUT2D eigenvalue weighted by atomic mass is 10.0. The molecule has 3 heterocycles. The molecule has 2 aromatic rings. The molecule has 1 fully saturated rings. The van der Waals surface area contributed by atoms with Crippen LogP contribution < -0.4 is 16.4 Å². The minimum absolute atomic E-state index is 0.00340. The lowest BCUT2D eigenvalue weighted by Gasteiger charge is -2.49. The molecule has 0 spiro atoms. The predicted molar refractivity (Wildman–Crippen MR) is 193 cm³/mol. The van der Waals surface area contributed by atoms with Crippen molar-refractivity contribution in [3.8, 4) is 11.5 Å². The van der Waals surface area contributed by atoms with Crippen molar-refractivity contribution in [2.24, 2.45) is 5.16 Å². The van der Waals surface area contributed by atoms with E-state index in [0.717, 1.165) is 41.9 Å². The molecule has 1 aromatic carbocycles. The summed E-state index contributed by atoms with van der Waals surface area (Å²) in [6, 6.07) is 2.64. The fraction of sp³-hybridized carbons (Fsp3) is 0.469. The summed E-state index contributed by atoms with van der Waals surface area (Å²) in [4.78, 5) is 75.4. The number of amides is 3. The number of oxime groups is 1. The Morgan fingerprint density at radius 2 is 1.88 bits per heavy atom. The Morgan fingerprint density at radius 1 is 1.15 bits per heavy atom. The number of anilines is 1. The molecule has 2 aliphatic heterocycles. The molecule has 0 radical (unpaired) electrons. The van der Waals surface area contributed by atoms with Crippen LogP contribution in [0.3, 0.4) is 0 Å². The van der Waals surface area contributed by atoms with E-state index in [2.05, 4.69) is 32.6 Å². The number of β-lactam (4-membered cyclic amide) rings is 1. The Labute approximate surface area is 311 Å². The number of nitrogens with two attached hydrogens (primary N) is 1. The van der Waals surface area contributed by atoms with E-state index in [-0.39, 0.29) is 44.5 Å². The number of aromatic nitrogens is 1. The van der Waals surface area contributed by atoms with E-state index >= 15 is 0 Å². The van der Waals surface area contributed by atoms with Gasteiger partial charge in [-0.3, -0.25) is 24.2 Å². The average Bonchev–Trinajstić information content (AvgIpc) is 3.44. The number of aliphatic carboxylic acids is 2. The number of phenols is 2. The average molecular weight is 782 g/mol. The van der Waals surface area contributed by atoms with Crippen LogP contribution in [0, 0.1) is 0 Å². The number of hydrogen-bond donors (Lipinski definition) is 7. The van der Waals surface area contributed by atoms with Crippen LogP contribution in [0.1, 0.15) is 62.0 Å². The molecule has 0 aliphatic carbocycles. The smallest absolute Gasteiger partial charge is 0.352 e. The lowest BCUT2D eigenvalue weighted by Crippen LogP contribution is -2.71.